The van der Waals surface area contributed by atoms with Crippen LogP contribution in [0.25, 0.3) is 33.7 Å². The Bertz CT molecular complexity index is 3390. The van der Waals surface area contributed by atoms with E-state index in [4.69, 9.17) is 23.9 Å². The molecule has 9 rings (SSSR count). The predicted octanol–water partition coefficient (Wildman–Crippen LogP) is 1.42. The highest BCUT2D eigenvalue weighted by molar-refractivity contribution is 7.05. The number of amides is 4. The van der Waals surface area contributed by atoms with E-state index >= 15 is 4.39 Å². The van der Waals surface area contributed by atoms with Gasteiger partial charge in [0.05, 0.1) is 53.7 Å². The fourth-order valence-electron chi connectivity index (χ4n) is 10.4. The van der Waals surface area contributed by atoms with Crippen LogP contribution in [0.3, 0.4) is 0 Å². The van der Waals surface area contributed by atoms with Crippen LogP contribution in [0.15, 0.2) is 41.2 Å². The summed E-state index contributed by atoms with van der Waals surface area (Å²) in [5, 5.41) is 64.5. The van der Waals surface area contributed by atoms with Gasteiger partial charge in [-0.2, -0.15) is 4.37 Å². The molecule has 0 radical (unpaired) electrons. The average molecular weight is 1130 g/mol. The molecule has 0 spiro atoms. The van der Waals surface area contributed by atoms with Crippen LogP contribution in [0, 0.1) is 31.0 Å². The lowest BCUT2D eigenvalue weighted by Gasteiger charge is -2.38. The molecule has 0 saturated carbocycles. The minimum atomic E-state index is -2.08. The molecule has 80 heavy (non-hydrogen) atoms. The number of hydrogen-bond acceptors (Lipinski definition) is 19. The van der Waals surface area contributed by atoms with Crippen molar-refractivity contribution in [1.29, 1.82) is 0 Å². The number of cyclic esters (lactones) is 1. The zero-order chi connectivity index (χ0) is 57.9. The number of carbonyl (C=O) groups excluding carboxylic acids is 5. The summed E-state index contributed by atoms with van der Waals surface area (Å²) in [5.74, 6) is -6.05. The normalized spacial score (nSPS) is 22.8. The van der Waals surface area contributed by atoms with Gasteiger partial charge in [-0.05, 0) is 99.3 Å². The molecule has 0 bridgehead atoms. The van der Waals surface area contributed by atoms with Crippen molar-refractivity contribution in [2.45, 2.75) is 135 Å². The van der Waals surface area contributed by atoms with Gasteiger partial charge in [-0.15, -0.1) is 0 Å². The van der Waals surface area contributed by atoms with Gasteiger partial charge >= 0.3 is 11.9 Å². The van der Waals surface area contributed by atoms with Crippen LogP contribution in [-0.4, -0.2) is 143 Å². The third-order valence-corrected chi connectivity index (χ3v) is 15.8. The van der Waals surface area contributed by atoms with Gasteiger partial charge in [0.2, 0.25) is 17.7 Å². The number of aliphatic hydroxyl groups is 4. The van der Waals surface area contributed by atoms with E-state index in [1.54, 1.807) is 59.7 Å². The molecule has 4 aliphatic rings. The topological polar surface area (TPSA) is 349 Å². The molecule has 426 valence electrons. The van der Waals surface area contributed by atoms with Crippen molar-refractivity contribution in [2.24, 2.45) is 11.3 Å². The number of ether oxygens (including phenoxy) is 4. The Labute approximate surface area is 460 Å². The first-order chi connectivity index (χ1) is 37.8. The first-order valence-corrected chi connectivity index (χ1v) is 26.7. The number of carbonyl (C=O) groups is 6. The fraction of sp³-hybridized carbons (Fsp3) is 0.481. The third-order valence-electron chi connectivity index (χ3n) is 15.2. The summed E-state index contributed by atoms with van der Waals surface area (Å²) in [6, 6.07) is 5.63. The van der Waals surface area contributed by atoms with Crippen molar-refractivity contribution in [2.75, 3.05) is 19.9 Å². The number of carboxylic acids is 1. The molecule has 5 aromatic rings. The molecule has 24 nitrogen and oxygen atoms in total. The van der Waals surface area contributed by atoms with Crippen molar-refractivity contribution in [3.8, 4) is 22.8 Å². The van der Waals surface area contributed by atoms with Crippen molar-refractivity contribution < 1.29 is 77.6 Å². The lowest BCUT2D eigenvalue weighted by Crippen LogP contribution is -2.61. The highest BCUT2D eigenvalue weighted by Gasteiger charge is 2.49. The SMILES string of the molecule is CC[C@@]1(O)C(=O)OCc2c1cc1n(c2=O)Cc2c-1nc1cc(F)c(C)c3c1c2[C@@H](NC(=O)C(C)(C)COCNC(=O)[C@H](CO[C@@H]1O[C@H](C(=O)O)[C@@H](O)[C@H](O)[C@H]1O)NC(=O)[C@@H](NC(=O)c1ccc(-c2nsc(C)n2)cc1)C(C)C)CC3. The molecule has 4 amide bonds. The zero-order valence-corrected chi connectivity index (χ0v) is 45.4. The molecular formula is C54H61FN8O16S. The van der Waals surface area contributed by atoms with E-state index in [2.05, 4.69) is 30.6 Å². The van der Waals surface area contributed by atoms with Gasteiger partial charge in [-0.3, -0.25) is 24.0 Å². The number of rotatable bonds is 18. The van der Waals surface area contributed by atoms with Gasteiger partial charge in [0, 0.05) is 33.7 Å². The number of aliphatic carboxylic acids is 1. The summed E-state index contributed by atoms with van der Waals surface area (Å²) in [7, 11) is 0. The smallest absolute Gasteiger partial charge is 0.343 e. The molecule has 0 unspecified atom stereocenters. The van der Waals surface area contributed by atoms with Gasteiger partial charge in [0.15, 0.2) is 23.8 Å². The molecule has 2 aromatic carbocycles. The van der Waals surface area contributed by atoms with Crippen LogP contribution in [-0.2, 0) is 68.1 Å². The second kappa shape index (κ2) is 22.4. The number of hydrogen-bond donors (Lipinski definition) is 9. The maximum Gasteiger partial charge on any atom is 0.343 e. The molecule has 1 saturated heterocycles. The molecule has 9 N–H and O–H groups in total. The second-order valence-electron chi connectivity index (χ2n) is 21.3. The standard InChI is InChI=1S/C54H61FN8O16S/c1-8-54(75)30-15-35-39-28(17-63(35)48(70)29(30)18-78-52(54)74)37-32(14-13-27-23(4)31(55)16-33(58-39)36(27)37)60-51(73)53(6,7)20-76-21-56-46(68)34(19-77-50-42(66)40(64)41(65)43(79-50)49(71)72)59-47(69)38(22(2)3)61-45(67)26-11-9-25(10-12-26)44-57-24(5)80-62-44/h9-12,15-16,22,32,34,38,40-43,50,64-66,75H,8,13-14,17-21H2,1-7H3,(H,56,68)(H,59,69)(H,60,73)(H,61,67)(H,71,72)/t32-,34-,38-,40-,41-,42+,43-,50+,54-/m0/s1. The number of nitrogens with one attached hydrogen (secondary N) is 4. The lowest BCUT2D eigenvalue weighted by molar-refractivity contribution is -0.294. The molecule has 1 aliphatic carbocycles. The van der Waals surface area contributed by atoms with E-state index in [-0.39, 0.29) is 48.4 Å². The molecule has 3 aromatic heterocycles. The summed E-state index contributed by atoms with van der Waals surface area (Å²) >= 11 is 1.22. The van der Waals surface area contributed by atoms with E-state index in [0.29, 0.717) is 63.3 Å². The van der Waals surface area contributed by atoms with E-state index < -0.39 is 126 Å². The van der Waals surface area contributed by atoms with Crippen LogP contribution in [0.5, 0.6) is 0 Å². The molecule has 26 heteroatoms. The van der Waals surface area contributed by atoms with E-state index in [0.717, 1.165) is 5.01 Å². The van der Waals surface area contributed by atoms with Crippen molar-refractivity contribution in [1.82, 2.24) is 40.2 Å². The number of aryl methyl sites for hydroxylation is 2. The number of carboxylic acid groups (broad SMARTS) is 1. The third kappa shape index (κ3) is 10.7. The Morgan fingerprint density at radius 3 is 2.36 bits per heavy atom. The number of pyridine rings is 2. The Morgan fingerprint density at radius 1 is 0.975 bits per heavy atom. The number of aromatic nitrogens is 4. The molecule has 1 fully saturated rings. The second-order valence-corrected chi connectivity index (χ2v) is 22.3. The number of nitrogens with zero attached hydrogens (tertiary/aromatic N) is 4. The van der Waals surface area contributed by atoms with Crippen molar-refractivity contribution in [3.05, 3.63) is 96.5 Å². The number of esters is 1. The van der Waals surface area contributed by atoms with Gasteiger partial charge in [-0.25, -0.2) is 23.9 Å². The Morgan fingerprint density at radius 2 is 1.70 bits per heavy atom. The Hall–Kier alpha value is -7.17. The average Bonchev–Trinajstić information content (AvgIpc) is 4.11. The largest absolute Gasteiger partial charge is 0.479 e. The van der Waals surface area contributed by atoms with Crippen LogP contribution >= 0.6 is 11.5 Å². The summed E-state index contributed by atoms with van der Waals surface area (Å²) in [5.41, 5.74) is 0.463. The van der Waals surface area contributed by atoms with E-state index in [1.165, 1.54) is 34.3 Å². The van der Waals surface area contributed by atoms with Gasteiger partial charge in [0.1, 0.15) is 54.6 Å². The van der Waals surface area contributed by atoms with Gasteiger partial charge in [0.25, 0.3) is 11.5 Å². The number of halogens is 1. The molecule has 9 atom stereocenters. The maximum atomic E-state index is 15.6. The first kappa shape index (κ1) is 57.5. The van der Waals surface area contributed by atoms with E-state index in [9.17, 15) is 59.1 Å². The molecule has 3 aliphatic heterocycles. The van der Waals surface area contributed by atoms with Crippen LogP contribution in [0.4, 0.5) is 4.39 Å². The molecule has 6 heterocycles. The Balaban J connectivity index is 0.898. The predicted molar refractivity (Wildman–Crippen MR) is 280 cm³/mol. The van der Waals surface area contributed by atoms with E-state index in [1.807, 2.05) is 6.92 Å². The summed E-state index contributed by atoms with van der Waals surface area (Å²) in [6.45, 7) is 9.57. The summed E-state index contributed by atoms with van der Waals surface area (Å²) in [4.78, 5) is 104. The summed E-state index contributed by atoms with van der Waals surface area (Å²) < 4.78 is 43.2. The number of fused-ring (bicyclic) bond motifs is 5. The van der Waals surface area contributed by atoms with Crippen LogP contribution in [0.1, 0.15) is 102 Å². The Kier molecular flexibility index (Phi) is 16.1. The number of aliphatic hydroxyl groups excluding tert-OH is 3. The van der Waals surface area contributed by atoms with Crippen LogP contribution < -0.4 is 26.8 Å². The summed E-state index contributed by atoms with van der Waals surface area (Å²) in [6.07, 6.45) is -9.41. The maximum absolute atomic E-state index is 15.6. The zero-order valence-electron chi connectivity index (χ0n) is 44.6. The highest BCUT2D eigenvalue weighted by atomic mass is 32.1. The van der Waals surface area contributed by atoms with Gasteiger partial charge < -0.3 is 70.3 Å². The minimum Gasteiger partial charge on any atom is -0.479 e. The van der Waals surface area contributed by atoms with Crippen molar-refractivity contribution in [3.63, 3.8) is 0 Å². The van der Waals surface area contributed by atoms with Crippen LogP contribution in [0.2, 0.25) is 0 Å². The quantitative estimate of drug-likeness (QED) is 0.0334. The van der Waals surface area contributed by atoms with Crippen molar-refractivity contribution >= 4 is 58.0 Å². The molecular weight excluding hydrogens is 1070 g/mol. The minimum absolute atomic E-state index is 0.0185. The number of benzene rings is 2. The highest BCUT2D eigenvalue weighted by Crippen LogP contribution is 2.46. The lowest BCUT2D eigenvalue weighted by atomic mass is 9.81. The monoisotopic (exact) mass is 1130 g/mol. The first-order valence-electron chi connectivity index (χ1n) is 25.9. The van der Waals surface area contributed by atoms with Gasteiger partial charge in [-0.1, -0.05) is 32.9 Å². The fourth-order valence-corrected chi connectivity index (χ4v) is 10.9.